The molecule has 0 aliphatic carbocycles. The van der Waals surface area contributed by atoms with E-state index in [2.05, 4.69) is 10.4 Å². The van der Waals surface area contributed by atoms with Gasteiger partial charge in [0.2, 0.25) is 0 Å². The average Bonchev–Trinajstić information content (AvgIpc) is 2.92. The molecule has 0 radical (unpaired) electrons. The number of nitrogens with zero attached hydrogens (tertiary/aromatic N) is 2. The third-order valence-corrected chi connectivity index (χ3v) is 4.66. The Balaban J connectivity index is 1.88. The average molecular weight is 402 g/mol. The van der Waals surface area contributed by atoms with Crippen molar-refractivity contribution >= 4 is 29.8 Å². The highest BCUT2D eigenvalue weighted by Gasteiger charge is 2.49. The van der Waals surface area contributed by atoms with Crippen LogP contribution < -0.4 is 14.8 Å². The quantitative estimate of drug-likeness (QED) is 0.593. The largest absolute Gasteiger partial charge is 0.493 e. The van der Waals surface area contributed by atoms with E-state index in [0.29, 0.717) is 34.3 Å². The molecule has 1 aliphatic rings. The summed E-state index contributed by atoms with van der Waals surface area (Å²) in [6.45, 7) is 3.92. The van der Waals surface area contributed by atoms with Gasteiger partial charge in [0.15, 0.2) is 11.5 Å². The molecule has 0 bridgehead atoms. The molecule has 0 unspecified atom stereocenters. The molecule has 0 saturated carbocycles. The summed E-state index contributed by atoms with van der Waals surface area (Å²) < 4.78 is 10.8. The summed E-state index contributed by atoms with van der Waals surface area (Å²) in [5, 5.41) is 7.91. The summed E-state index contributed by atoms with van der Waals surface area (Å²) in [5.41, 5.74) is 0.0557. The number of ether oxygens (including phenoxy) is 2. The van der Waals surface area contributed by atoms with E-state index in [4.69, 9.17) is 21.1 Å². The van der Waals surface area contributed by atoms with Crippen molar-refractivity contribution in [2.75, 3.05) is 13.7 Å². The minimum atomic E-state index is -1.18. The fourth-order valence-electron chi connectivity index (χ4n) is 2.92. The fourth-order valence-corrected chi connectivity index (χ4v) is 3.19. The first kappa shape index (κ1) is 19.7. The highest BCUT2D eigenvalue weighted by molar-refractivity contribution is 6.32. The van der Waals surface area contributed by atoms with E-state index < -0.39 is 17.5 Å². The summed E-state index contributed by atoms with van der Waals surface area (Å²) in [6.07, 6.45) is 1.37. The number of carbonyl (C=O) groups excluding carboxylic acids is 2. The molecule has 1 atom stereocenters. The summed E-state index contributed by atoms with van der Waals surface area (Å²) in [5.74, 6) is 0.390. The topological polar surface area (TPSA) is 80.2 Å². The zero-order valence-electron chi connectivity index (χ0n) is 15.7. The Kier molecular flexibility index (Phi) is 5.56. The Morgan fingerprint density at radius 2 is 1.96 bits per heavy atom. The van der Waals surface area contributed by atoms with E-state index in [1.165, 1.54) is 13.3 Å². The number of nitrogens with one attached hydrogen (secondary N) is 1. The van der Waals surface area contributed by atoms with Gasteiger partial charge >= 0.3 is 6.03 Å². The summed E-state index contributed by atoms with van der Waals surface area (Å²) in [6, 6.07) is 11.7. The van der Waals surface area contributed by atoms with Gasteiger partial charge in [0.1, 0.15) is 5.54 Å². The van der Waals surface area contributed by atoms with E-state index in [-0.39, 0.29) is 0 Å². The van der Waals surface area contributed by atoms with Crippen molar-refractivity contribution in [1.82, 2.24) is 10.3 Å². The normalized spacial score (nSPS) is 19.2. The lowest BCUT2D eigenvalue weighted by Gasteiger charge is -2.20. The van der Waals surface area contributed by atoms with Crippen LogP contribution in [0.1, 0.15) is 25.0 Å². The minimum Gasteiger partial charge on any atom is -0.493 e. The van der Waals surface area contributed by atoms with Crippen LogP contribution in [0.2, 0.25) is 5.02 Å². The van der Waals surface area contributed by atoms with Crippen LogP contribution in [0.25, 0.3) is 0 Å². The van der Waals surface area contributed by atoms with Gasteiger partial charge in [-0.05, 0) is 37.1 Å². The predicted octanol–water partition coefficient (Wildman–Crippen LogP) is 3.55. The maximum Gasteiger partial charge on any atom is 0.346 e. The Morgan fingerprint density at radius 3 is 2.61 bits per heavy atom. The molecule has 0 spiro atoms. The number of methoxy groups -OCH3 is 1. The molecule has 0 aromatic heterocycles. The second-order valence-corrected chi connectivity index (χ2v) is 6.66. The Hall–Kier alpha value is -3.06. The molecule has 1 N–H and O–H groups in total. The first-order valence-electron chi connectivity index (χ1n) is 8.67. The lowest BCUT2D eigenvalue weighted by Crippen LogP contribution is -2.40. The van der Waals surface area contributed by atoms with Gasteiger partial charge in [-0.1, -0.05) is 41.9 Å². The van der Waals surface area contributed by atoms with Crippen molar-refractivity contribution in [3.8, 4) is 11.5 Å². The van der Waals surface area contributed by atoms with Gasteiger partial charge in [-0.3, -0.25) is 4.79 Å². The van der Waals surface area contributed by atoms with E-state index in [1.807, 2.05) is 13.0 Å². The molecular formula is C20H20ClN3O4. The van der Waals surface area contributed by atoms with Gasteiger partial charge in [-0.2, -0.15) is 5.10 Å². The van der Waals surface area contributed by atoms with E-state index in [9.17, 15) is 9.59 Å². The van der Waals surface area contributed by atoms with E-state index >= 15 is 0 Å². The molecule has 3 rings (SSSR count). The molecule has 8 heteroatoms. The SMILES string of the molecule is CCOc1c(Cl)cc(/C=N\N2C(=O)N[C@@](C)(c3ccccc3)C2=O)cc1OC. The number of hydrogen-bond donors (Lipinski definition) is 1. The maximum absolute atomic E-state index is 12.8. The second-order valence-electron chi connectivity index (χ2n) is 6.25. The summed E-state index contributed by atoms with van der Waals surface area (Å²) in [7, 11) is 1.50. The van der Waals surface area contributed by atoms with Gasteiger partial charge in [-0.25, -0.2) is 4.79 Å². The highest BCUT2D eigenvalue weighted by Crippen LogP contribution is 2.36. The van der Waals surface area contributed by atoms with E-state index in [0.717, 1.165) is 5.01 Å². The van der Waals surface area contributed by atoms with Crippen molar-refractivity contribution < 1.29 is 19.1 Å². The monoisotopic (exact) mass is 401 g/mol. The molecule has 28 heavy (non-hydrogen) atoms. The number of urea groups is 1. The number of hydrazone groups is 1. The summed E-state index contributed by atoms with van der Waals surface area (Å²) >= 11 is 6.24. The molecule has 146 valence electrons. The van der Waals surface area contributed by atoms with Gasteiger partial charge in [0.05, 0.1) is 25.0 Å². The molecule has 1 heterocycles. The number of hydrogen-bond acceptors (Lipinski definition) is 5. The molecule has 1 saturated heterocycles. The maximum atomic E-state index is 12.8. The van der Waals surface area contributed by atoms with Gasteiger partial charge in [0, 0.05) is 0 Å². The molecule has 3 amide bonds. The van der Waals surface area contributed by atoms with Crippen LogP contribution in [0, 0.1) is 0 Å². The minimum absolute atomic E-state index is 0.342. The number of imide groups is 1. The third kappa shape index (κ3) is 3.53. The molecule has 2 aromatic carbocycles. The van der Waals surface area contributed by atoms with Gasteiger partial charge in [-0.15, -0.1) is 5.01 Å². The molecule has 1 aliphatic heterocycles. The van der Waals surface area contributed by atoms with Gasteiger partial charge < -0.3 is 14.8 Å². The third-order valence-electron chi connectivity index (χ3n) is 4.38. The van der Waals surface area contributed by atoms with Crippen LogP contribution in [0.4, 0.5) is 4.79 Å². The first-order chi connectivity index (χ1) is 13.4. The van der Waals surface area contributed by atoms with Crippen LogP contribution in [0.3, 0.4) is 0 Å². The van der Waals surface area contributed by atoms with Gasteiger partial charge in [0.25, 0.3) is 5.91 Å². The van der Waals surface area contributed by atoms with Crippen molar-refractivity contribution in [3.63, 3.8) is 0 Å². The van der Waals surface area contributed by atoms with Crippen molar-refractivity contribution in [3.05, 3.63) is 58.6 Å². The lowest BCUT2D eigenvalue weighted by atomic mass is 9.92. The molecule has 1 fully saturated rings. The first-order valence-corrected chi connectivity index (χ1v) is 9.05. The smallest absolute Gasteiger partial charge is 0.346 e. The lowest BCUT2D eigenvalue weighted by molar-refractivity contribution is -0.131. The van der Waals surface area contributed by atoms with Crippen LogP contribution in [-0.4, -0.2) is 36.9 Å². The van der Waals surface area contributed by atoms with Crippen LogP contribution in [0.5, 0.6) is 11.5 Å². The van der Waals surface area contributed by atoms with Crippen molar-refractivity contribution in [2.45, 2.75) is 19.4 Å². The highest BCUT2D eigenvalue weighted by atomic mass is 35.5. The van der Waals surface area contributed by atoms with E-state index in [1.54, 1.807) is 43.3 Å². The second kappa shape index (κ2) is 7.90. The van der Waals surface area contributed by atoms with Crippen LogP contribution >= 0.6 is 11.6 Å². The van der Waals surface area contributed by atoms with Crippen molar-refractivity contribution in [1.29, 1.82) is 0 Å². The van der Waals surface area contributed by atoms with Crippen LogP contribution in [-0.2, 0) is 10.3 Å². The number of carbonyl (C=O) groups is 2. The molecule has 2 aromatic rings. The molecule has 7 nitrogen and oxygen atoms in total. The Bertz CT molecular complexity index is 933. The Morgan fingerprint density at radius 1 is 1.25 bits per heavy atom. The number of halogens is 1. The summed E-state index contributed by atoms with van der Waals surface area (Å²) in [4.78, 5) is 25.2. The van der Waals surface area contributed by atoms with Crippen LogP contribution in [0.15, 0.2) is 47.6 Å². The standard InChI is InChI=1S/C20H20ClN3O4/c1-4-28-17-15(21)10-13(11-16(17)27-3)12-22-24-18(25)20(2,23-19(24)26)14-8-6-5-7-9-14/h5-12H,4H2,1-3H3,(H,23,26)/b22-12-/t20-/m0/s1. The van der Waals surface area contributed by atoms with Crippen molar-refractivity contribution in [2.24, 2.45) is 5.10 Å². The number of benzene rings is 2. The fraction of sp³-hybridized carbons (Fsp3) is 0.250. The predicted molar refractivity (Wildman–Crippen MR) is 106 cm³/mol. The zero-order chi connectivity index (χ0) is 20.3. The Labute approximate surface area is 167 Å². The number of rotatable bonds is 6. The molecular weight excluding hydrogens is 382 g/mol. The number of amides is 3. The zero-order valence-corrected chi connectivity index (χ0v) is 16.5.